The van der Waals surface area contributed by atoms with Gasteiger partial charge >= 0.3 is 0 Å². The summed E-state index contributed by atoms with van der Waals surface area (Å²) in [6.07, 6.45) is 1.32. The highest BCUT2D eigenvalue weighted by molar-refractivity contribution is 7.99. The van der Waals surface area contributed by atoms with E-state index in [-0.39, 0.29) is 12.0 Å². The van der Waals surface area contributed by atoms with Crippen LogP contribution in [0.1, 0.15) is 25.3 Å². The number of hydrogen-bond donors (Lipinski definition) is 2. The predicted octanol–water partition coefficient (Wildman–Crippen LogP) is 3.91. The number of nitrogens with one attached hydrogen (secondary N) is 2. The molecule has 0 radical (unpaired) electrons. The van der Waals surface area contributed by atoms with Crippen molar-refractivity contribution in [1.82, 2.24) is 5.43 Å². The number of hydrogen-bond acceptors (Lipinski definition) is 5. The molecule has 2 aromatic rings. The van der Waals surface area contributed by atoms with E-state index in [1.54, 1.807) is 11.8 Å². The van der Waals surface area contributed by atoms with Gasteiger partial charge in [0.25, 0.3) is 5.91 Å². The SMILES string of the molecule is CC(=NNC(=O)C1CCCO1)c1ccc2c(c1)Nc1ccccc1S2. The lowest BCUT2D eigenvalue weighted by Crippen LogP contribution is -2.31. The van der Waals surface area contributed by atoms with Crippen LogP contribution in [0.25, 0.3) is 0 Å². The van der Waals surface area contributed by atoms with Gasteiger partial charge in [0.15, 0.2) is 0 Å². The van der Waals surface area contributed by atoms with Gasteiger partial charge in [-0.05, 0) is 49.6 Å². The van der Waals surface area contributed by atoms with Crippen LogP contribution in [0.4, 0.5) is 11.4 Å². The molecule has 1 amide bonds. The third-order valence-corrected chi connectivity index (χ3v) is 5.48. The predicted molar refractivity (Wildman–Crippen MR) is 99.6 cm³/mol. The molecule has 1 saturated heterocycles. The number of benzene rings is 2. The second-order valence-corrected chi connectivity index (χ2v) is 7.19. The van der Waals surface area contributed by atoms with Gasteiger partial charge < -0.3 is 10.1 Å². The van der Waals surface area contributed by atoms with Crippen LogP contribution in [-0.4, -0.2) is 24.3 Å². The van der Waals surface area contributed by atoms with Gasteiger partial charge in [0, 0.05) is 16.4 Å². The number of hydrazone groups is 1. The fourth-order valence-electron chi connectivity index (χ4n) is 2.92. The summed E-state index contributed by atoms with van der Waals surface area (Å²) in [5, 5.41) is 7.70. The third kappa shape index (κ3) is 3.41. The van der Waals surface area contributed by atoms with E-state index in [0.717, 1.165) is 35.5 Å². The van der Waals surface area contributed by atoms with Crippen LogP contribution >= 0.6 is 11.8 Å². The lowest BCUT2D eigenvalue weighted by Gasteiger charge is -2.21. The molecule has 1 unspecified atom stereocenters. The maximum atomic E-state index is 12.0. The highest BCUT2D eigenvalue weighted by Crippen LogP contribution is 2.44. The number of anilines is 2. The van der Waals surface area contributed by atoms with Crippen molar-refractivity contribution < 1.29 is 9.53 Å². The summed E-state index contributed by atoms with van der Waals surface area (Å²) in [4.78, 5) is 14.4. The van der Waals surface area contributed by atoms with E-state index in [9.17, 15) is 4.79 Å². The Morgan fingerprint density at radius 3 is 2.92 bits per heavy atom. The molecule has 0 saturated carbocycles. The molecule has 5 nitrogen and oxygen atoms in total. The summed E-state index contributed by atoms with van der Waals surface area (Å²) in [7, 11) is 0. The molecule has 2 N–H and O–H groups in total. The normalized spacial score (nSPS) is 18.9. The first-order chi connectivity index (χ1) is 12.2. The van der Waals surface area contributed by atoms with Crippen molar-refractivity contribution in [1.29, 1.82) is 0 Å². The quantitative estimate of drug-likeness (QED) is 0.553. The van der Waals surface area contributed by atoms with Gasteiger partial charge in [0.05, 0.1) is 17.1 Å². The summed E-state index contributed by atoms with van der Waals surface area (Å²) >= 11 is 1.75. The molecule has 25 heavy (non-hydrogen) atoms. The zero-order chi connectivity index (χ0) is 17.2. The number of ether oxygens (including phenoxy) is 1. The molecular formula is C19H19N3O2S. The van der Waals surface area contributed by atoms with E-state index >= 15 is 0 Å². The van der Waals surface area contributed by atoms with Gasteiger partial charge in [0.2, 0.25) is 0 Å². The fraction of sp³-hybridized carbons (Fsp3) is 0.263. The second kappa shape index (κ2) is 6.90. The molecule has 2 aliphatic heterocycles. The number of nitrogens with zero attached hydrogens (tertiary/aromatic N) is 1. The van der Waals surface area contributed by atoms with Crippen LogP contribution in [-0.2, 0) is 9.53 Å². The first kappa shape index (κ1) is 16.2. The standard InChI is InChI=1S/C19H19N3O2S/c1-12(21-22-19(23)16-6-4-10-24-16)13-8-9-18-15(11-13)20-14-5-2-3-7-17(14)25-18/h2-3,5,7-9,11,16,20H,4,6,10H2,1H3,(H,22,23). The van der Waals surface area contributed by atoms with Crippen LogP contribution in [0.15, 0.2) is 57.4 Å². The molecule has 1 atom stereocenters. The molecule has 4 rings (SSSR count). The van der Waals surface area contributed by atoms with E-state index in [1.165, 1.54) is 9.79 Å². The Labute approximate surface area is 150 Å². The smallest absolute Gasteiger partial charge is 0.269 e. The molecule has 0 aromatic heterocycles. The summed E-state index contributed by atoms with van der Waals surface area (Å²) in [6.45, 7) is 2.54. The Morgan fingerprint density at radius 2 is 2.08 bits per heavy atom. The number of para-hydroxylation sites is 1. The van der Waals surface area contributed by atoms with Crippen LogP contribution in [0.5, 0.6) is 0 Å². The molecule has 2 heterocycles. The minimum atomic E-state index is -0.366. The average Bonchev–Trinajstić information content (AvgIpc) is 3.18. The Hall–Kier alpha value is -2.31. The molecule has 1 fully saturated rings. The van der Waals surface area contributed by atoms with E-state index < -0.39 is 0 Å². The van der Waals surface area contributed by atoms with Crippen molar-refractivity contribution in [3.63, 3.8) is 0 Å². The van der Waals surface area contributed by atoms with E-state index in [1.807, 2.05) is 25.1 Å². The highest BCUT2D eigenvalue weighted by atomic mass is 32.2. The van der Waals surface area contributed by atoms with Gasteiger partial charge in [-0.2, -0.15) is 5.10 Å². The zero-order valence-electron chi connectivity index (χ0n) is 13.9. The Balaban J connectivity index is 1.50. The molecule has 2 aliphatic rings. The highest BCUT2D eigenvalue weighted by Gasteiger charge is 2.23. The van der Waals surface area contributed by atoms with E-state index in [4.69, 9.17) is 4.74 Å². The summed E-state index contributed by atoms with van der Waals surface area (Å²) in [5.41, 5.74) is 6.52. The van der Waals surface area contributed by atoms with E-state index in [2.05, 4.69) is 40.1 Å². The summed E-state index contributed by atoms with van der Waals surface area (Å²) < 4.78 is 5.37. The number of fused-ring (bicyclic) bond motifs is 2. The van der Waals surface area contributed by atoms with Crippen molar-refractivity contribution in [2.45, 2.75) is 35.7 Å². The monoisotopic (exact) mass is 353 g/mol. The Morgan fingerprint density at radius 1 is 1.24 bits per heavy atom. The van der Waals surface area contributed by atoms with Gasteiger partial charge in [-0.25, -0.2) is 5.43 Å². The molecule has 128 valence electrons. The third-order valence-electron chi connectivity index (χ3n) is 4.33. The number of carbonyl (C=O) groups excluding carboxylic acids is 1. The first-order valence-electron chi connectivity index (χ1n) is 8.35. The number of rotatable bonds is 3. The molecular weight excluding hydrogens is 334 g/mol. The van der Waals surface area contributed by atoms with Crippen LogP contribution in [0.2, 0.25) is 0 Å². The first-order valence-corrected chi connectivity index (χ1v) is 9.16. The Bertz CT molecular complexity index is 844. The van der Waals surface area contributed by atoms with Gasteiger partial charge in [0.1, 0.15) is 6.10 Å². The van der Waals surface area contributed by atoms with E-state index in [0.29, 0.717) is 6.61 Å². The Kier molecular flexibility index (Phi) is 4.46. The maximum absolute atomic E-state index is 12.0. The lowest BCUT2D eigenvalue weighted by atomic mass is 10.1. The molecule has 0 spiro atoms. The van der Waals surface area contributed by atoms with Crippen molar-refractivity contribution in [3.8, 4) is 0 Å². The largest absolute Gasteiger partial charge is 0.368 e. The molecule has 0 aliphatic carbocycles. The van der Waals surface area contributed by atoms with Crippen molar-refractivity contribution in [2.24, 2.45) is 5.10 Å². The lowest BCUT2D eigenvalue weighted by molar-refractivity contribution is -0.130. The minimum absolute atomic E-state index is 0.169. The topological polar surface area (TPSA) is 62.7 Å². The maximum Gasteiger partial charge on any atom is 0.269 e. The van der Waals surface area contributed by atoms with Gasteiger partial charge in [-0.1, -0.05) is 30.0 Å². The zero-order valence-corrected chi connectivity index (χ0v) is 14.7. The average molecular weight is 353 g/mol. The van der Waals surface area contributed by atoms with Crippen molar-refractivity contribution in [2.75, 3.05) is 11.9 Å². The van der Waals surface area contributed by atoms with Gasteiger partial charge in [-0.15, -0.1) is 0 Å². The van der Waals surface area contributed by atoms with Crippen molar-refractivity contribution in [3.05, 3.63) is 48.0 Å². The summed E-state index contributed by atoms with van der Waals surface area (Å²) in [5.74, 6) is -0.169. The van der Waals surface area contributed by atoms with Crippen LogP contribution in [0.3, 0.4) is 0 Å². The molecule has 2 aromatic carbocycles. The molecule has 6 heteroatoms. The molecule has 0 bridgehead atoms. The van der Waals surface area contributed by atoms with Crippen molar-refractivity contribution >= 4 is 34.8 Å². The van der Waals surface area contributed by atoms with Gasteiger partial charge in [-0.3, -0.25) is 4.79 Å². The summed E-state index contributed by atoms with van der Waals surface area (Å²) in [6, 6.07) is 14.4. The fourth-order valence-corrected chi connectivity index (χ4v) is 3.89. The second-order valence-electron chi connectivity index (χ2n) is 6.11. The number of carbonyl (C=O) groups is 1. The van der Waals surface area contributed by atoms with Crippen LogP contribution < -0.4 is 10.7 Å². The minimum Gasteiger partial charge on any atom is -0.368 e. The van der Waals surface area contributed by atoms with Crippen LogP contribution in [0, 0.1) is 0 Å². The number of amides is 1.